The van der Waals surface area contributed by atoms with Crippen LogP contribution in [-0.4, -0.2) is 33.0 Å². The Bertz CT molecular complexity index is 933. The number of amides is 1. The smallest absolute Gasteiger partial charge is 0.259 e. The number of nitrogens with one attached hydrogen (secondary N) is 1. The van der Waals surface area contributed by atoms with Gasteiger partial charge in [0.15, 0.2) is 23.0 Å². The molecule has 7 heteroatoms. The summed E-state index contributed by atoms with van der Waals surface area (Å²) in [5, 5.41) is 12.9. The number of rotatable bonds is 12. The topological polar surface area (TPSA) is 89.8 Å². The molecule has 0 aromatic heterocycles. The summed E-state index contributed by atoms with van der Waals surface area (Å²) in [5.74, 6) is 2.65. The molecule has 0 fully saturated rings. The molecule has 1 aliphatic rings. The largest absolute Gasteiger partial charge is 0.493 e. The number of ether oxygens (including phenoxy) is 4. The number of benzene rings is 2. The molecule has 0 bridgehead atoms. The first-order chi connectivity index (χ1) is 15.6. The van der Waals surface area contributed by atoms with Gasteiger partial charge in [0.2, 0.25) is 6.41 Å². The molecule has 0 spiro atoms. The Morgan fingerprint density at radius 2 is 1.84 bits per heavy atom. The van der Waals surface area contributed by atoms with E-state index in [0.717, 1.165) is 24.8 Å². The van der Waals surface area contributed by atoms with Crippen molar-refractivity contribution in [2.24, 2.45) is 5.41 Å². The highest BCUT2D eigenvalue weighted by atomic mass is 16.7. The van der Waals surface area contributed by atoms with Gasteiger partial charge in [-0.05, 0) is 61.9 Å². The van der Waals surface area contributed by atoms with Crippen molar-refractivity contribution in [3.8, 4) is 29.1 Å². The van der Waals surface area contributed by atoms with E-state index in [2.05, 4.69) is 11.4 Å². The van der Waals surface area contributed by atoms with Crippen molar-refractivity contribution in [3.05, 3.63) is 48.0 Å². The van der Waals surface area contributed by atoms with Gasteiger partial charge in [0.1, 0.15) is 5.41 Å². The van der Waals surface area contributed by atoms with Crippen LogP contribution in [0.5, 0.6) is 23.0 Å². The number of carbonyl (C=O) groups excluding carboxylic acids is 1. The lowest BCUT2D eigenvalue weighted by Gasteiger charge is -2.30. The fraction of sp³-hybridized carbons (Fsp3) is 0.440. The van der Waals surface area contributed by atoms with Gasteiger partial charge < -0.3 is 24.3 Å². The Balaban J connectivity index is 1.63. The van der Waals surface area contributed by atoms with E-state index >= 15 is 0 Å². The maximum Gasteiger partial charge on any atom is 0.259 e. The molecule has 32 heavy (non-hydrogen) atoms. The van der Waals surface area contributed by atoms with Gasteiger partial charge in [-0.3, -0.25) is 4.79 Å². The van der Waals surface area contributed by atoms with Gasteiger partial charge in [-0.15, -0.1) is 0 Å². The number of fused-ring (bicyclic) bond motifs is 1. The standard InChI is InChI=1S/C25H30N2O5/c1-4-25(16-26,24-31-21-9-5-6-10-22(21)32-24)13-7-8-19(27-17-28)14-18-11-12-20(29-2)23(15-18)30-3/h5-6,9-12,15,17,19,24H,4,7-8,13-14H2,1-3H3,(H,27,28). The Hall–Kier alpha value is -3.40. The van der Waals surface area contributed by atoms with Crippen molar-refractivity contribution in [2.75, 3.05) is 14.2 Å². The van der Waals surface area contributed by atoms with Crippen LogP contribution in [0.15, 0.2) is 42.5 Å². The molecule has 1 N–H and O–H groups in total. The molecule has 0 radical (unpaired) electrons. The van der Waals surface area contributed by atoms with Crippen LogP contribution in [0, 0.1) is 16.7 Å². The molecular formula is C25H30N2O5. The molecule has 170 valence electrons. The van der Waals surface area contributed by atoms with Crippen LogP contribution in [0.4, 0.5) is 0 Å². The summed E-state index contributed by atoms with van der Waals surface area (Å²) in [6, 6.07) is 15.6. The van der Waals surface area contributed by atoms with Gasteiger partial charge in [-0.25, -0.2) is 0 Å². The van der Waals surface area contributed by atoms with Gasteiger partial charge in [-0.1, -0.05) is 25.1 Å². The van der Waals surface area contributed by atoms with Gasteiger partial charge >= 0.3 is 0 Å². The predicted octanol–water partition coefficient (Wildman–Crippen LogP) is 4.25. The van der Waals surface area contributed by atoms with Crippen LogP contribution in [0.2, 0.25) is 0 Å². The van der Waals surface area contributed by atoms with Gasteiger partial charge in [0.25, 0.3) is 6.29 Å². The van der Waals surface area contributed by atoms with Gasteiger partial charge in [0.05, 0.1) is 20.3 Å². The van der Waals surface area contributed by atoms with E-state index in [-0.39, 0.29) is 6.04 Å². The molecule has 1 amide bonds. The molecule has 7 nitrogen and oxygen atoms in total. The lowest BCUT2D eigenvalue weighted by atomic mass is 9.80. The van der Waals surface area contributed by atoms with Crippen molar-refractivity contribution >= 4 is 6.41 Å². The third-order valence-electron chi connectivity index (χ3n) is 6.03. The number of hydrogen-bond donors (Lipinski definition) is 1. The molecular weight excluding hydrogens is 408 g/mol. The normalized spacial score (nSPS) is 15.3. The summed E-state index contributed by atoms with van der Waals surface area (Å²) in [6.07, 6.45) is 3.38. The molecule has 0 saturated carbocycles. The SMILES string of the molecule is CCC(C#N)(CCCC(Cc1ccc(OC)c(OC)c1)NC=O)C1Oc2ccccc2O1. The van der Waals surface area contributed by atoms with Crippen molar-refractivity contribution in [1.82, 2.24) is 5.32 Å². The highest BCUT2D eigenvalue weighted by Crippen LogP contribution is 2.43. The van der Waals surface area contributed by atoms with Crippen LogP contribution in [0.25, 0.3) is 0 Å². The number of para-hydroxylation sites is 2. The van der Waals surface area contributed by atoms with E-state index < -0.39 is 11.7 Å². The van der Waals surface area contributed by atoms with Crippen LogP contribution in [-0.2, 0) is 11.2 Å². The first-order valence-electron chi connectivity index (χ1n) is 10.8. The Kier molecular flexibility index (Phi) is 7.82. The third kappa shape index (κ3) is 5.08. The minimum atomic E-state index is -0.770. The zero-order valence-electron chi connectivity index (χ0n) is 18.8. The number of methoxy groups -OCH3 is 2. The van der Waals surface area contributed by atoms with E-state index in [1.165, 1.54) is 0 Å². The van der Waals surface area contributed by atoms with Crippen LogP contribution in [0.3, 0.4) is 0 Å². The van der Waals surface area contributed by atoms with Gasteiger partial charge in [-0.2, -0.15) is 5.26 Å². The fourth-order valence-electron chi connectivity index (χ4n) is 4.07. The highest BCUT2D eigenvalue weighted by molar-refractivity contribution is 5.47. The van der Waals surface area contributed by atoms with E-state index in [4.69, 9.17) is 18.9 Å². The minimum Gasteiger partial charge on any atom is -0.493 e. The monoisotopic (exact) mass is 438 g/mol. The highest BCUT2D eigenvalue weighted by Gasteiger charge is 2.44. The average molecular weight is 439 g/mol. The summed E-state index contributed by atoms with van der Waals surface area (Å²) in [4.78, 5) is 11.2. The van der Waals surface area contributed by atoms with Crippen molar-refractivity contribution < 1.29 is 23.7 Å². The molecule has 0 aliphatic carbocycles. The first kappa shape index (κ1) is 23.3. The van der Waals surface area contributed by atoms with E-state index in [1.807, 2.05) is 49.4 Å². The molecule has 0 saturated heterocycles. The predicted molar refractivity (Wildman–Crippen MR) is 120 cm³/mol. The Morgan fingerprint density at radius 1 is 1.16 bits per heavy atom. The second-order valence-electron chi connectivity index (χ2n) is 7.90. The molecule has 1 heterocycles. The fourth-order valence-corrected chi connectivity index (χ4v) is 4.07. The summed E-state index contributed by atoms with van der Waals surface area (Å²) >= 11 is 0. The van der Waals surface area contributed by atoms with Crippen molar-refractivity contribution in [3.63, 3.8) is 0 Å². The lowest BCUT2D eigenvalue weighted by Crippen LogP contribution is -2.40. The second-order valence-corrected chi connectivity index (χ2v) is 7.90. The first-order valence-corrected chi connectivity index (χ1v) is 10.8. The third-order valence-corrected chi connectivity index (χ3v) is 6.03. The van der Waals surface area contributed by atoms with Crippen LogP contribution in [0.1, 0.15) is 38.2 Å². The van der Waals surface area contributed by atoms with E-state index in [0.29, 0.717) is 42.3 Å². The molecule has 1 aliphatic heterocycles. The summed E-state index contributed by atoms with van der Waals surface area (Å²) in [5.41, 5.74) is 0.260. The second kappa shape index (κ2) is 10.8. The Morgan fingerprint density at radius 3 is 2.41 bits per heavy atom. The lowest BCUT2D eigenvalue weighted by molar-refractivity contribution is -0.110. The molecule has 2 unspecified atom stereocenters. The van der Waals surface area contributed by atoms with Crippen molar-refractivity contribution in [2.45, 2.75) is 51.4 Å². The Labute approximate surface area is 189 Å². The quantitative estimate of drug-likeness (QED) is 0.498. The maximum absolute atomic E-state index is 11.2. The zero-order chi connectivity index (χ0) is 23.0. The molecule has 2 aromatic carbocycles. The molecule has 2 aromatic rings. The van der Waals surface area contributed by atoms with Gasteiger partial charge in [0, 0.05) is 6.04 Å². The maximum atomic E-state index is 11.2. The van der Waals surface area contributed by atoms with Crippen LogP contribution >= 0.6 is 0 Å². The van der Waals surface area contributed by atoms with Crippen LogP contribution < -0.4 is 24.3 Å². The van der Waals surface area contributed by atoms with E-state index in [1.54, 1.807) is 14.2 Å². The number of nitrogens with zero attached hydrogens (tertiary/aromatic N) is 1. The average Bonchev–Trinajstić information content (AvgIpc) is 3.27. The summed E-state index contributed by atoms with van der Waals surface area (Å²) in [7, 11) is 3.19. The summed E-state index contributed by atoms with van der Waals surface area (Å²) < 4.78 is 22.6. The molecule has 3 rings (SSSR count). The minimum absolute atomic E-state index is 0.0681. The summed E-state index contributed by atoms with van der Waals surface area (Å²) in [6.45, 7) is 1.98. The van der Waals surface area contributed by atoms with Crippen molar-refractivity contribution in [1.29, 1.82) is 5.26 Å². The number of hydrogen-bond acceptors (Lipinski definition) is 6. The number of nitriles is 1. The number of carbonyl (C=O) groups is 1. The van der Waals surface area contributed by atoms with E-state index in [9.17, 15) is 10.1 Å². The zero-order valence-corrected chi connectivity index (χ0v) is 18.8. The molecule has 2 atom stereocenters.